The number of anilines is 1. The molecule has 0 heterocycles. The molecule has 0 radical (unpaired) electrons. The predicted octanol–water partition coefficient (Wildman–Crippen LogP) is 0.102. The predicted molar refractivity (Wildman–Crippen MR) is 60.3 cm³/mol. The van der Waals surface area contributed by atoms with Crippen molar-refractivity contribution in [3.05, 3.63) is 29.8 Å². The highest BCUT2D eigenvalue weighted by Crippen LogP contribution is 2.11. The summed E-state index contributed by atoms with van der Waals surface area (Å²) in [5.41, 5.74) is 6.78. The number of aliphatic hydroxyl groups is 2. The van der Waals surface area contributed by atoms with Gasteiger partial charge in [0.25, 0.3) is 0 Å². The molecular formula is C11H18N2O2. The fourth-order valence-corrected chi connectivity index (χ4v) is 1.17. The highest BCUT2D eigenvalue weighted by Gasteiger charge is 2.21. The molecule has 1 rings (SSSR count). The Morgan fingerprint density at radius 2 is 1.87 bits per heavy atom. The van der Waals surface area contributed by atoms with Crippen LogP contribution in [-0.4, -0.2) is 29.0 Å². The molecule has 0 bridgehead atoms. The lowest BCUT2D eigenvalue weighted by Crippen LogP contribution is -2.48. The first-order valence-corrected chi connectivity index (χ1v) is 4.91. The number of nitrogen functional groups attached to an aromatic ring is 1. The Balaban J connectivity index is 2.61. The van der Waals surface area contributed by atoms with Gasteiger partial charge in [0, 0.05) is 12.2 Å². The highest BCUT2D eigenvalue weighted by molar-refractivity contribution is 5.46. The summed E-state index contributed by atoms with van der Waals surface area (Å²) in [6, 6.07) is 7.52. The van der Waals surface area contributed by atoms with Crippen LogP contribution < -0.4 is 11.1 Å². The van der Waals surface area contributed by atoms with E-state index < -0.39 is 5.54 Å². The molecule has 0 amide bonds. The van der Waals surface area contributed by atoms with E-state index in [0.717, 1.165) is 5.56 Å². The molecule has 4 nitrogen and oxygen atoms in total. The van der Waals surface area contributed by atoms with Crippen molar-refractivity contribution in [2.24, 2.45) is 0 Å². The van der Waals surface area contributed by atoms with E-state index in [-0.39, 0.29) is 13.2 Å². The third kappa shape index (κ3) is 3.20. The summed E-state index contributed by atoms with van der Waals surface area (Å²) < 4.78 is 0. The first-order valence-electron chi connectivity index (χ1n) is 4.91. The van der Waals surface area contributed by atoms with Gasteiger partial charge in [0.05, 0.1) is 18.8 Å². The van der Waals surface area contributed by atoms with Crippen LogP contribution in [0.1, 0.15) is 12.5 Å². The number of aliphatic hydroxyl groups excluding tert-OH is 2. The Morgan fingerprint density at radius 3 is 2.40 bits per heavy atom. The molecule has 1 aromatic rings. The first-order chi connectivity index (χ1) is 7.11. The zero-order valence-electron chi connectivity index (χ0n) is 8.90. The normalized spacial score (nSPS) is 11.7. The summed E-state index contributed by atoms with van der Waals surface area (Å²) in [4.78, 5) is 0. The lowest BCUT2D eigenvalue weighted by molar-refractivity contribution is 0.103. The van der Waals surface area contributed by atoms with E-state index in [9.17, 15) is 0 Å². The third-order valence-corrected chi connectivity index (χ3v) is 2.46. The van der Waals surface area contributed by atoms with E-state index in [0.29, 0.717) is 12.2 Å². The van der Waals surface area contributed by atoms with Gasteiger partial charge in [0.1, 0.15) is 0 Å². The molecule has 0 atom stereocenters. The van der Waals surface area contributed by atoms with Crippen LogP contribution in [0.25, 0.3) is 0 Å². The van der Waals surface area contributed by atoms with E-state index in [1.165, 1.54) is 0 Å². The molecule has 15 heavy (non-hydrogen) atoms. The van der Waals surface area contributed by atoms with Crippen LogP contribution in [0.4, 0.5) is 5.69 Å². The van der Waals surface area contributed by atoms with Crippen LogP contribution in [0, 0.1) is 0 Å². The average molecular weight is 210 g/mol. The van der Waals surface area contributed by atoms with E-state index in [4.69, 9.17) is 15.9 Å². The average Bonchev–Trinajstić information content (AvgIpc) is 2.28. The Kier molecular flexibility index (Phi) is 4.08. The topological polar surface area (TPSA) is 78.5 Å². The highest BCUT2D eigenvalue weighted by atomic mass is 16.3. The molecule has 0 aromatic heterocycles. The number of benzene rings is 1. The zero-order valence-corrected chi connectivity index (χ0v) is 8.90. The molecule has 0 fully saturated rings. The maximum Gasteiger partial charge on any atom is 0.0633 e. The van der Waals surface area contributed by atoms with E-state index >= 15 is 0 Å². The molecule has 0 aliphatic carbocycles. The number of rotatable bonds is 5. The van der Waals surface area contributed by atoms with Crippen molar-refractivity contribution in [2.45, 2.75) is 19.0 Å². The van der Waals surface area contributed by atoms with E-state index in [1.807, 2.05) is 24.3 Å². The summed E-state index contributed by atoms with van der Waals surface area (Å²) >= 11 is 0. The fourth-order valence-electron chi connectivity index (χ4n) is 1.17. The van der Waals surface area contributed by atoms with Crippen molar-refractivity contribution in [1.82, 2.24) is 5.32 Å². The number of para-hydroxylation sites is 1. The number of hydrogen-bond acceptors (Lipinski definition) is 4. The second-order valence-electron chi connectivity index (χ2n) is 3.93. The van der Waals surface area contributed by atoms with Crippen molar-refractivity contribution in [3.63, 3.8) is 0 Å². The standard InChI is InChI=1S/C11H18N2O2/c1-11(7-14,8-15)13-6-9-4-2-3-5-10(9)12/h2-5,13-15H,6-8,12H2,1H3. The molecule has 0 saturated heterocycles. The van der Waals surface area contributed by atoms with Crippen LogP contribution in [0.15, 0.2) is 24.3 Å². The van der Waals surface area contributed by atoms with Crippen LogP contribution >= 0.6 is 0 Å². The molecule has 84 valence electrons. The first kappa shape index (κ1) is 12.0. The lowest BCUT2D eigenvalue weighted by Gasteiger charge is -2.26. The summed E-state index contributed by atoms with van der Waals surface area (Å²) in [7, 11) is 0. The van der Waals surface area contributed by atoms with Gasteiger partial charge < -0.3 is 21.3 Å². The zero-order chi connectivity index (χ0) is 11.3. The second kappa shape index (κ2) is 5.11. The van der Waals surface area contributed by atoms with Crippen molar-refractivity contribution >= 4 is 5.69 Å². The summed E-state index contributed by atoms with van der Waals surface area (Å²) in [5, 5.41) is 21.2. The van der Waals surface area contributed by atoms with Gasteiger partial charge in [0.15, 0.2) is 0 Å². The van der Waals surface area contributed by atoms with Gasteiger partial charge in [-0.05, 0) is 18.6 Å². The molecule has 5 N–H and O–H groups in total. The summed E-state index contributed by atoms with van der Waals surface area (Å²) in [5.74, 6) is 0. The fraction of sp³-hybridized carbons (Fsp3) is 0.455. The van der Waals surface area contributed by atoms with Gasteiger partial charge >= 0.3 is 0 Å². The Bertz CT molecular complexity index is 311. The lowest BCUT2D eigenvalue weighted by atomic mass is 10.0. The number of nitrogens with two attached hydrogens (primary N) is 1. The van der Waals surface area contributed by atoms with Crippen LogP contribution in [-0.2, 0) is 6.54 Å². The molecule has 0 aliphatic rings. The second-order valence-corrected chi connectivity index (χ2v) is 3.93. The van der Waals surface area contributed by atoms with Gasteiger partial charge in [-0.1, -0.05) is 18.2 Å². The molecular weight excluding hydrogens is 192 g/mol. The Labute approximate surface area is 89.7 Å². The smallest absolute Gasteiger partial charge is 0.0633 e. The molecule has 1 aromatic carbocycles. The van der Waals surface area contributed by atoms with Gasteiger partial charge in [-0.25, -0.2) is 0 Å². The van der Waals surface area contributed by atoms with Gasteiger partial charge in [-0.3, -0.25) is 0 Å². The van der Waals surface area contributed by atoms with Crippen LogP contribution in [0.3, 0.4) is 0 Å². The quantitative estimate of drug-likeness (QED) is 0.520. The van der Waals surface area contributed by atoms with Crippen molar-refractivity contribution in [2.75, 3.05) is 18.9 Å². The van der Waals surface area contributed by atoms with E-state index in [2.05, 4.69) is 5.32 Å². The molecule has 0 saturated carbocycles. The summed E-state index contributed by atoms with van der Waals surface area (Å²) in [6.45, 7) is 2.06. The third-order valence-electron chi connectivity index (χ3n) is 2.46. The van der Waals surface area contributed by atoms with Crippen LogP contribution in [0.2, 0.25) is 0 Å². The number of nitrogens with one attached hydrogen (secondary N) is 1. The van der Waals surface area contributed by atoms with E-state index in [1.54, 1.807) is 6.92 Å². The number of hydrogen-bond donors (Lipinski definition) is 4. The van der Waals surface area contributed by atoms with Crippen LogP contribution in [0.5, 0.6) is 0 Å². The molecule has 0 aliphatic heterocycles. The van der Waals surface area contributed by atoms with Crippen molar-refractivity contribution in [3.8, 4) is 0 Å². The summed E-state index contributed by atoms with van der Waals surface area (Å²) in [6.07, 6.45) is 0. The maximum absolute atomic E-state index is 9.08. The molecule has 4 heteroatoms. The Morgan fingerprint density at radius 1 is 1.27 bits per heavy atom. The van der Waals surface area contributed by atoms with Gasteiger partial charge in [0.2, 0.25) is 0 Å². The monoisotopic (exact) mass is 210 g/mol. The largest absolute Gasteiger partial charge is 0.398 e. The minimum absolute atomic E-state index is 0.115. The van der Waals surface area contributed by atoms with Gasteiger partial charge in [-0.2, -0.15) is 0 Å². The van der Waals surface area contributed by atoms with Gasteiger partial charge in [-0.15, -0.1) is 0 Å². The van der Waals surface area contributed by atoms with Crippen molar-refractivity contribution in [1.29, 1.82) is 0 Å². The van der Waals surface area contributed by atoms with Crippen molar-refractivity contribution < 1.29 is 10.2 Å². The SMILES string of the molecule is CC(CO)(CO)NCc1ccccc1N. The molecule has 0 unspecified atom stereocenters. The molecule has 0 spiro atoms. The minimum atomic E-state index is -0.664. The Hall–Kier alpha value is -1.10. The minimum Gasteiger partial charge on any atom is -0.398 e. The maximum atomic E-state index is 9.08.